The molecule has 1 amide bonds. The maximum absolute atomic E-state index is 11.3. The van der Waals surface area contributed by atoms with E-state index in [-0.39, 0.29) is 12.0 Å². The van der Waals surface area contributed by atoms with Gasteiger partial charge in [-0.3, -0.25) is 9.69 Å². The highest BCUT2D eigenvalue weighted by atomic mass is 16.5. The third-order valence-corrected chi connectivity index (χ3v) is 2.65. The van der Waals surface area contributed by atoms with Gasteiger partial charge in [-0.25, -0.2) is 0 Å². The first-order chi connectivity index (χ1) is 6.65. The van der Waals surface area contributed by atoms with E-state index < -0.39 is 0 Å². The molecule has 1 aliphatic heterocycles. The molecule has 0 spiro atoms. The van der Waals surface area contributed by atoms with Crippen LogP contribution in [0.2, 0.25) is 0 Å². The summed E-state index contributed by atoms with van der Waals surface area (Å²) >= 11 is 0. The van der Waals surface area contributed by atoms with Crippen molar-refractivity contribution in [1.29, 1.82) is 0 Å². The van der Waals surface area contributed by atoms with E-state index in [4.69, 9.17) is 4.74 Å². The Morgan fingerprint density at radius 1 is 1.50 bits per heavy atom. The Morgan fingerprint density at radius 2 is 2.21 bits per heavy atom. The molecule has 0 radical (unpaired) electrons. The molecule has 1 rings (SSSR count). The Balaban J connectivity index is 2.44. The number of nitrogens with one attached hydrogen (secondary N) is 1. The van der Waals surface area contributed by atoms with Crippen molar-refractivity contribution >= 4 is 5.91 Å². The van der Waals surface area contributed by atoms with Gasteiger partial charge < -0.3 is 10.1 Å². The third kappa shape index (κ3) is 2.96. The normalized spacial score (nSPS) is 24.7. The summed E-state index contributed by atoms with van der Waals surface area (Å²) in [6.45, 7) is 6.84. The van der Waals surface area contributed by atoms with E-state index in [1.54, 1.807) is 7.05 Å². The van der Waals surface area contributed by atoms with E-state index in [2.05, 4.69) is 24.1 Å². The van der Waals surface area contributed by atoms with Gasteiger partial charge in [-0.15, -0.1) is 0 Å². The summed E-state index contributed by atoms with van der Waals surface area (Å²) in [6.07, 6.45) is 0.529. The fourth-order valence-electron chi connectivity index (χ4n) is 1.67. The van der Waals surface area contributed by atoms with Gasteiger partial charge in [0.05, 0.1) is 6.61 Å². The zero-order chi connectivity index (χ0) is 10.6. The first-order valence-corrected chi connectivity index (χ1v) is 5.22. The van der Waals surface area contributed by atoms with Gasteiger partial charge in [-0.2, -0.15) is 0 Å². The smallest absolute Gasteiger partial charge is 0.248 e. The lowest BCUT2D eigenvalue weighted by Crippen LogP contribution is -2.35. The predicted octanol–water partition coefficient (Wildman–Crippen LogP) is 0.232. The molecular formula is C10H20N2O2. The highest BCUT2D eigenvalue weighted by Crippen LogP contribution is 2.09. The molecule has 1 unspecified atom stereocenters. The Hall–Kier alpha value is -0.610. The van der Waals surface area contributed by atoms with E-state index in [9.17, 15) is 4.79 Å². The molecule has 14 heavy (non-hydrogen) atoms. The molecule has 0 aliphatic carbocycles. The SMILES string of the molecule is CNC(=O)C1CCN(C(C)C)CCO1. The zero-order valence-electron chi connectivity index (χ0n) is 9.25. The quantitative estimate of drug-likeness (QED) is 0.694. The van der Waals surface area contributed by atoms with Crippen LogP contribution in [0, 0.1) is 0 Å². The average molecular weight is 200 g/mol. The largest absolute Gasteiger partial charge is 0.367 e. The monoisotopic (exact) mass is 200 g/mol. The maximum Gasteiger partial charge on any atom is 0.248 e. The van der Waals surface area contributed by atoms with Crippen molar-refractivity contribution in [3.8, 4) is 0 Å². The van der Waals surface area contributed by atoms with Crippen molar-refractivity contribution in [2.75, 3.05) is 26.7 Å². The second kappa shape index (κ2) is 5.32. The zero-order valence-corrected chi connectivity index (χ0v) is 9.25. The fourth-order valence-corrected chi connectivity index (χ4v) is 1.67. The second-order valence-corrected chi connectivity index (χ2v) is 3.89. The lowest BCUT2D eigenvalue weighted by atomic mass is 10.2. The average Bonchev–Trinajstić information content (AvgIpc) is 2.41. The molecule has 1 saturated heterocycles. The Morgan fingerprint density at radius 3 is 2.79 bits per heavy atom. The first kappa shape index (κ1) is 11.5. The van der Waals surface area contributed by atoms with Crippen LogP contribution in [0.5, 0.6) is 0 Å². The maximum atomic E-state index is 11.3. The molecular weight excluding hydrogens is 180 g/mol. The molecule has 0 aromatic carbocycles. The summed E-state index contributed by atoms with van der Waals surface area (Å²) in [5.41, 5.74) is 0. The van der Waals surface area contributed by atoms with Crippen LogP contribution in [0.25, 0.3) is 0 Å². The lowest BCUT2D eigenvalue weighted by molar-refractivity contribution is -0.131. The Bertz CT molecular complexity index is 195. The summed E-state index contributed by atoms with van der Waals surface area (Å²) in [5.74, 6) is -0.00407. The van der Waals surface area contributed by atoms with Crippen LogP contribution in [0.15, 0.2) is 0 Å². The van der Waals surface area contributed by atoms with E-state index in [0.29, 0.717) is 12.6 Å². The number of carbonyl (C=O) groups is 1. The standard InChI is InChI=1S/C10H20N2O2/c1-8(2)12-5-4-9(10(13)11-3)14-7-6-12/h8-9H,4-7H2,1-3H3,(H,11,13). The van der Waals surface area contributed by atoms with Crippen LogP contribution >= 0.6 is 0 Å². The van der Waals surface area contributed by atoms with Gasteiger partial charge in [0.2, 0.25) is 5.91 Å². The van der Waals surface area contributed by atoms with Crippen LogP contribution in [0.3, 0.4) is 0 Å². The highest BCUT2D eigenvalue weighted by Gasteiger charge is 2.23. The molecule has 1 aliphatic rings. The number of nitrogens with zero attached hydrogens (tertiary/aromatic N) is 1. The molecule has 1 heterocycles. The Labute approximate surface area is 85.6 Å². The van der Waals surface area contributed by atoms with Crippen molar-refractivity contribution in [3.05, 3.63) is 0 Å². The van der Waals surface area contributed by atoms with Gasteiger partial charge in [0.25, 0.3) is 0 Å². The van der Waals surface area contributed by atoms with Crippen molar-refractivity contribution in [3.63, 3.8) is 0 Å². The lowest BCUT2D eigenvalue weighted by Gasteiger charge is -2.23. The summed E-state index contributed by atoms with van der Waals surface area (Å²) in [6, 6.07) is 0.530. The summed E-state index contributed by atoms with van der Waals surface area (Å²) in [5, 5.41) is 2.62. The van der Waals surface area contributed by atoms with Crippen LogP contribution < -0.4 is 5.32 Å². The molecule has 0 aromatic rings. The Kier molecular flexibility index (Phi) is 4.35. The minimum absolute atomic E-state index is 0.00407. The molecule has 4 heteroatoms. The summed E-state index contributed by atoms with van der Waals surface area (Å²) in [4.78, 5) is 13.7. The van der Waals surface area contributed by atoms with E-state index in [0.717, 1.165) is 19.5 Å². The van der Waals surface area contributed by atoms with Crippen molar-refractivity contribution in [2.24, 2.45) is 0 Å². The van der Waals surface area contributed by atoms with Crippen molar-refractivity contribution in [1.82, 2.24) is 10.2 Å². The van der Waals surface area contributed by atoms with Gasteiger partial charge in [-0.05, 0) is 20.3 Å². The summed E-state index contributed by atoms with van der Waals surface area (Å²) in [7, 11) is 1.65. The van der Waals surface area contributed by atoms with E-state index >= 15 is 0 Å². The number of ether oxygens (including phenoxy) is 1. The molecule has 4 nitrogen and oxygen atoms in total. The van der Waals surface area contributed by atoms with Crippen LogP contribution in [-0.4, -0.2) is 49.7 Å². The number of hydrogen-bond acceptors (Lipinski definition) is 3. The number of carbonyl (C=O) groups excluding carboxylic acids is 1. The van der Waals surface area contributed by atoms with Crippen LogP contribution in [0.1, 0.15) is 20.3 Å². The minimum atomic E-state index is -0.260. The number of hydrogen-bond donors (Lipinski definition) is 1. The molecule has 1 N–H and O–H groups in total. The highest BCUT2D eigenvalue weighted by molar-refractivity contribution is 5.80. The second-order valence-electron chi connectivity index (χ2n) is 3.89. The van der Waals surface area contributed by atoms with Gasteiger partial charge in [-0.1, -0.05) is 0 Å². The molecule has 0 aromatic heterocycles. The van der Waals surface area contributed by atoms with Gasteiger partial charge in [0.1, 0.15) is 6.10 Å². The molecule has 1 atom stereocenters. The topological polar surface area (TPSA) is 41.6 Å². The van der Waals surface area contributed by atoms with Crippen molar-refractivity contribution in [2.45, 2.75) is 32.4 Å². The third-order valence-electron chi connectivity index (χ3n) is 2.65. The van der Waals surface area contributed by atoms with Crippen molar-refractivity contribution < 1.29 is 9.53 Å². The van der Waals surface area contributed by atoms with Crippen LogP contribution in [-0.2, 0) is 9.53 Å². The van der Waals surface area contributed by atoms with Gasteiger partial charge in [0.15, 0.2) is 0 Å². The van der Waals surface area contributed by atoms with Gasteiger partial charge >= 0.3 is 0 Å². The van der Waals surface area contributed by atoms with Crippen LogP contribution in [0.4, 0.5) is 0 Å². The van der Waals surface area contributed by atoms with E-state index in [1.165, 1.54) is 0 Å². The summed E-state index contributed by atoms with van der Waals surface area (Å²) < 4.78 is 5.48. The molecule has 0 saturated carbocycles. The first-order valence-electron chi connectivity index (χ1n) is 5.22. The number of likely N-dealkylation sites (N-methyl/N-ethyl adjacent to an activating group) is 1. The predicted molar refractivity (Wildman–Crippen MR) is 55.1 cm³/mol. The number of rotatable bonds is 2. The molecule has 0 bridgehead atoms. The fraction of sp³-hybridized carbons (Fsp3) is 0.900. The molecule has 82 valence electrons. The minimum Gasteiger partial charge on any atom is -0.367 e. The molecule has 1 fully saturated rings. The van der Waals surface area contributed by atoms with Gasteiger partial charge in [0, 0.05) is 26.2 Å². The van der Waals surface area contributed by atoms with E-state index in [1.807, 2.05) is 0 Å². The number of amides is 1.